The molecule has 2 aromatic rings. The molecule has 2 aliphatic rings. The molecule has 0 bridgehead atoms. The minimum absolute atomic E-state index is 0.898. The second kappa shape index (κ2) is 14.3. The zero-order valence-electron chi connectivity index (χ0n) is 20.9. The quantitative estimate of drug-likeness (QED) is 0.238. The molecule has 2 nitrogen and oxygen atoms in total. The van der Waals surface area contributed by atoms with Crippen LogP contribution in [-0.4, -0.2) is 25.7 Å². The second-order valence-corrected chi connectivity index (χ2v) is 15.8. The van der Waals surface area contributed by atoms with E-state index in [2.05, 4.69) is 50.3 Å². The Morgan fingerprint density at radius 1 is 0.611 bits per heavy atom. The topological polar surface area (TPSA) is 18.5 Å². The zero-order valence-corrected chi connectivity index (χ0v) is 25.8. The van der Waals surface area contributed by atoms with Crippen molar-refractivity contribution in [1.82, 2.24) is 0 Å². The van der Waals surface area contributed by atoms with Gasteiger partial charge in [-0.3, -0.25) is 0 Å². The van der Waals surface area contributed by atoms with Crippen molar-refractivity contribution < 1.29 is 9.47 Å². The van der Waals surface area contributed by atoms with Gasteiger partial charge in [0.05, 0.1) is 31.2 Å². The lowest BCUT2D eigenvalue weighted by atomic mass is 10.2. The van der Waals surface area contributed by atoms with Gasteiger partial charge in [-0.15, -0.1) is 23.5 Å². The summed E-state index contributed by atoms with van der Waals surface area (Å²) in [7, 11) is 3.41. The summed E-state index contributed by atoms with van der Waals surface area (Å²) in [5.74, 6) is 4.16. The summed E-state index contributed by atoms with van der Waals surface area (Å²) in [6, 6.07) is 16.5. The van der Waals surface area contributed by atoms with E-state index in [9.17, 15) is 0 Å². The maximum atomic E-state index is 5.26. The standard InChI is InChI=1S/C28H30O2S6/c1-19-27(35-25(33-19)17-21-7-11-23(29-3)12-8-21)31-15-5-6-16-32-28-20(2)34-26(36-28)18-22-9-13-24(30-4)14-10-22/h7-14,17-18H,5-6,15-16H2,1-4H3/b25-17-,26-18+. The number of methoxy groups -OCH3 is 2. The lowest BCUT2D eigenvalue weighted by Crippen LogP contribution is -1.84. The highest BCUT2D eigenvalue weighted by atomic mass is 32.2. The van der Waals surface area contributed by atoms with Crippen LogP contribution in [0, 0.1) is 0 Å². The molecule has 0 amide bonds. The fraction of sp³-hybridized carbons (Fsp3) is 0.286. The highest BCUT2D eigenvalue weighted by Crippen LogP contribution is 2.55. The fourth-order valence-electron chi connectivity index (χ4n) is 3.34. The first kappa shape index (κ1) is 28.1. The Bertz CT molecular complexity index is 1070. The molecule has 4 rings (SSSR count). The molecule has 0 fully saturated rings. The van der Waals surface area contributed by atoms with E-state index in [1.165, 1.54) is 62.2 Å². The molecule has 0 atom stereocenters. The molecule has 2 heterocycles. The van der Waals surface area contributed by atoms with E-state index in [-0.39, 0.29) is 0 Å². The molecule has 0 aromatic heterocycles. The van der Waals surface area contributed by atoms with Crippen LogP contribution in [0.2, 0.25) is 0 Å². The van der Waals surface area contributed by atoms with E-state index in [4.69, 9.17) is 9.47 Å². The Balaban J connectivity index is 1.15. The maximum Gasteiger partial charge on any atom is 0.118 e. The van der Waals surface area contributed by atoms with Crippen LogP contribution in [0.4, 0.5) is 0 Å². The number of allylic oxidation sites excluding steroid dienone is 2. The number of benzene rings is 2. The average molecular weight is 591 g/mol. The Kier molecular flexibility index (Phi) is 11.2. The van der Waals surface area contributed by atoms with Crippen molar-refractivity contribution in [2.24, 2.45) is 0 Å². The molecular formula is C28H30O2S6. The fourth-order valence-corrected chi connectivity index (χ4v) is 11.5. The van der Waals surface area contributed by atoms with Crippen LogP contribution in [-0.2, 0) is 0 Å². The van der Waals surface area contributed by atoms with E-state index in [1.807, 2.05) is 94.8 Å². The summed E-state index contributed by atoms with van der Waals surface area (Å²) in [5, 5.41) is 0. The van der Waals surface area contributed by atoms with Crippen LogP contribution >= 0.6 is 70.6 Å². The average Bonchev–Trinajstić information content (AvgIpc) is 3.42. The third kappa shape index (κ3) is 8.30. The van der Waals surface area contributed by atoms with Gasteiger partial charge < -0.3 is 9.47 Å². The number of hydrogen-bond donors (Lipinski definition) is 0. The lowest BCUT2D eigenvalue weighted by molar-refractivity contribution is 0.414. The first-order valence-corrected chi connectivity index (χ1v) is 16.9. The molecule has 8 heteroatoms. The van der Waals surface area contributed by atoms with Crippen molar-refractivity contribution >= 4 is 82.7 Å². The van der Waals surface area contributed by atoms with Crippen LogP contribution in [0.15, 0.2) is 75.3 Å². The maximum absolute atomic E-state index is 5.26. The van der Waals surface area contributed by atoms with Gasteiger partial charge in [-0.05, 0) is 85.7 Å². The van der Waals surface area contributed by atoms with Crippen molar-refractivity contribution in [1.29, 1.82) is 0 Å². The van der Waals surface area contributed by atoms with Gasteiger partial charge in [0.15, 0.2) is 0 Å². The smallest absolute Gasteiger partial charge is 0.118 e. The lowest BCUT2D eigenvalue weighted by Gasteiger charge is -2.04. The molecule has 190 valence electrons. The molecule has 36 heavy (non-hydrogen) atoms. The first-order valence-electron chi connectivity index (χ1n) is 11.6. The van der Waals surface area contributed by atoms with Gasteiger partial charge in [0.1, 0.15) is 11.5 Å². The van der Waals surface area contributed by atoms with E-state index in [0.29, 0.717) is 0 Å². The van der Waals surface area contributed by atoms with Crippen LogP contribution < -0.4 is 9.47 Å². The van der Waals surface area contributed by atoms with Crippen molar-refractivity contribution in [2.75, 3.05) is 25.7 Å². The highest BCUT2D eigenvalue weighted by Gasteiger charge is 2.19. The van der Waals surface area contributed by atoms with Gasteiger partial charge in [-0.1, -0.05) is 71.3 Å². The minimum Gasteiger partial charge on any atom is -0.497 e. The first-order chi connectivity index (χ1) is 17.5. The molecule has 0 aliphatic carbocycles. The number of ether oxygens (including phenoxy) is 2. The van der Waals surface area contributed by atoms with Gasteiger partial charge in [0.2, 0.25) is 0 Å². The molecule has 0 unspecified atom stereocenters. The van der Waals surface area contributed by atoms with Crippen molar-refractivity contribution in [3.63, 3.8) is 0 Å². The summed E-state index contributed by atoms with van der Waals surface area (Å²) >= 11 is 11.6. The number of thioether (sulfide) groups is 6. The van der Waals surface area contributed by atoms with Gasteiger partial charge in [0.25, 0.3) is 0 Å². The Labute approximate surface area is 241 Å². The third-order valence-corrected chi connectivity index (χ3v) is 13.4. The van der Waals surface area contributed by atoms with Crippen LogP contribution in [0.3, 0.4) is 0 Å². The molecule has 0 N–H and O–H groups in total. The zero-order chi connectivity index (χ0) is 25.3. The molecule has 2 aliphatic heterocycles. The Morgan fingerprint density at radius 3 is 1.36 bits per heavy atom. The van der Waals surface area contributed by atoms with Gasteiger partial charge >= 0.3 is 0 Å². The minimum atomic E-state index is 0.898. The van der Waals surface area contributed by atoms with Crippen molar-refractivity contribution in [2.45, 2.75) is 26.7 Å². The number of rotatable bonds is 11. The molecule has 2 aromatic carbocycles. The Hall–Kier alpha value is -0.900. The van der Waals surface area contributed by atoms with Crippen LogP contribution in [0.5, 0.6) is 11.5 Å². The third-order valence-electron chi connectivity index (χ3n) is 5.27. The van der Waals surface area contributed by atoms with Crippen molar-refractivity contribution in [3.8, 4) is 11.5 Å². The molecule has 0 spiro atoms. The molecule has 0 radical (unpaired) electrons. The van der Waals surface area contributed by atoms with Crippen LogP contribution in [0.25, 0.3) is 12.2 Å². The van der Waals surface area contributed by atoms with E-state index >= 15 is 0 Å². The summed E-state index contributed by atoms with van der Waals surface area (Å²) in [6.45, 7) is 4.48. The Morgan fingerprint density at radius 2 is 1.00 bits per heavy atom. The van der Waals surface area contributed by atoms with Crippen molar-refractivity contribution in [3.05, 3.63) is 86.4 Å². The predicted octanol–water partition coefficient (Wildman–Crippen LogP) is 10.6. The van der Waals surface area contributed by atoms with Gasteiger partial charge in [-0.25, -0.2) is 0 Å². The van der Waals surface area contributed by atoms with Crippen LogP contribution in [0.1, 0.15) is 37.8 Å². The van der Waals surface area contributed by atoms with E-state index in [0.717, 1.165) is 11.5 Å². The SMILES string of the molecule is COc1ccc(/C=C2/SC(C)=C(SCCCCSC3=C(C)S/C(=C\c4ccc(OC)cc4)S3)S2)cc1. The molecular weight excluding hydrogens is 561 g/mol. The second-order valence-electron chi connectivity index (χ2n) is 7.97. The number of hydrogen-bond acceptors (Lipinski definition) is 8. The van der Waals surface area contributed by atoms with Gasteiger partial charge in [-0.2, -0.15) is 0 Å². The van der Waals surface area contributed by atoms with E-state index in [1.54, 1.807) is 14.2 Å². The molecule has 0 saturated carbocycles. The van der Waals surface area contributed by atoms with Gasteiger partial charge in [0, 0.05) is 9.81 Å². The highest BCUT2D eigenvalue weighted by molar-refractivity contribution is 8.36. The van der Waals surface area contributed by atoms with E-state index < -0.39 is 0 Å². The predicted molar refractivity (Wildman–Crippen MR) is 172 cm³/mol. The monoisotopic (exact) mass is 590 g/mol. The largest absolute Gasteiger partial charge is 0.497 e. The summed E-state index contributed by atoms with van der Waals surface area (Å²) in [5.41, 5.74) is 2.44. The molecule has 0 saturated heterocycles. The summed E-state index contributed by atoms with van der Waals surface area (Å²) in [6.07, 6.45) is 7.03. The normalized spacial score (nSPS) is 18.1. The number of unbranched alkanes of at least 4 members (excludes halogenated alkanes) is 1. The summed E-state index contributed by atoms with van der Waals surface area (Å²) < 4.78 is 16.1. The summed E-state index contributed by atoms with van der Waals surface area (Å²) in [4.78, 5) is 2.85.